The van der Waals surface area contributed by atoms with Crippen LogP contribution in [0, 0.1) is 5.82 Å². The summed E-state index contributed by atoms with van der Waals surface area (Å²) in [5.74, 6) is 0.563. The van der Waals surface area contributed by atoms with Crippen LogP contribution in [0.3, 0.4) is 0 Å². The molecule has 1 saturated carbocycles. The molecule has 2 N–H and O–H groups in total. The maximum Gasteiger partial charge on any atom is 0.191 e. The number of benzene rings is 1. The van der Waals surface area contributed by atoms with Gasteiger partial charge in [-0.15, -0.1) is 0 Å². The predicted molar refractivity (Wildman–Crippen MR) is 102 cm³/mol. The van der Waals surface area contributed by atoms with Crippen LogP contribution in [-0.2, 0) is 6.42 Å². The first-order chi connectivity index (χ1) is 12.2. The van der Waals surface area contributed by atoms with Crippen molar-refractivity contribution in [2.45, 2.75) is 51.1 Å². The van der Waals surface area contributed by atoms with E-state index in [2.05, 4.69) is 27.4 Å². The molecule has 4 nitrogen and oxygen atoms in total. The first kappa shape index (κ1) is 18.5. The molecule has 0 radical (unpaired) electrons. The standard InChI is InChI=1S/C19H28ClFN4/c1-2-22-19(23-11-8-16-17(20)4-3-5-18(16)21)24-14-9-12-25(13-10-14)15-6-7-15/h3-5,14-15H,2,6-13H2,1H3,(H2,22,23,24). The van der Waals surface area contributed by atoms with Crippen molar-refractivity contribution >= 4 is 17.6 Å². The Morgan fingerprint density at radius 2 is 2.04 bits per heavy atom. The van der Waals surface area contributed by atoms with Crippen molar-refractivity contribution in [3.05, 3.63) is 34.6 Å². The van der Waals surface area contributed by atoms with Crippen LogP contribution >= 0.6 is 11.6 Å². The van der Waals surface area contributed by atoms with Gasteiger partial charge in [0.15, 0.2) is 5.96 Å². The Morgan fingerprint density at radius 3 is 2.68 bits per heavy atom. The number of nitrogens with zero attached hydrogens (tertiary/aromatic N) is 2. The average Bonchev–Trinajstić information content (AvgIpc) is 3.43. The fourth-order valence-electron chi connectivity index (χ4n) is 3.41. The molecule has 0 aromatic heterocycles. The van der Waals surface area contributed by atoms with Crippen LogP contribution in [0.1, 0.15) is 38.2 Å². The highest BCUT2D eigenvalue weighted by Gasteiger charge is 2.31. The Bertz CT molecular complexity index is 575. The van der Waals surface area contributed by atoms with Gasteiger partial charge in [0.1, 0.15) is 5.82 Å². The number of halogens is 2. The zero-order valence-corrected chi connectivity index (χ0v) is 15.7. The molecule has 3 rings (SSSR count). The first-order valence-electron chi connectivity index (χ1n) is 9.39. The first-order valence-corrected chi connectivity index (χ1v) is 9.77. The Hall–Kier alpha value is -1.33. The minimum atomic E-state index is -0.256. The molecule has 2 aliphatic rings. The summed E-state index contributed by atoms with van der Waals surface area (Å²) >= 11 is 6.08. The fraction of sp³-hybridized carbons (Fsp3) is 0.632. The van der Waals surface area contributed by atoms with E-state index in [9.17, 15) is 4.39 Å². The van der Waals surface area contributed by atoms with Gasteiger partial charge < -0.3 is 15.5 Å². The van der Waals surface area contributed by atoms with E-state index in [0.29, 0.717) is 29.6 Å². The molecular weight excluding hydrogens is 339 g/mol. The van der Waals surface area contributed by atoms with Crippen molar-refractivity contribution in [3.8, 4) is 0 Å². The highest BCUT2D eigenvalue weighted by Crippen LogP contribution is 2.29. The molecule has 1 aliphatic carbocycles. The largest absolute Gasteiger partial charge is 0.357 e. The maximum atomic E-state index is 13.8. The Balaban J connectivity index is 1.50. The summed E-state index contributed by atoms with van der Waals surface area (Å²) in [6.07, 6.45) is 5.56. The lowest BCUT2D eigenvalue weighted by atomic mass is 10.1. The molecule has 2 fully saturated rings. The minimum Gasteiger partial charge on any atom is -0.357 e. The molecule has 0 unspecified atom stereocenters. The fourth-order valence-corrected chi connectivity index (χ4v) is 3.67. The molecule has 25 heavy (non-hydrogen) atoms. The molecule has 138 valence electrons. The normalized spacial score (nSPS) is 19.9. The van der Waals surface area contributed by atoms with Gasteiger partial charge in [0.05, 0.1) is 0 Å². The van der Waals surface area contributed by atoms with Crippen molar-refractivity contribution in [2.75, 3.05) is 26.2 Å². The topological polar surface area (TPSA) is 39.7 Å². The number of likely N-dealkylation sites (tertiary alicyclic amines) is 1. The number of hydrogen-bond donors (Lipinski definition) is 2. The van der Waals surface area contributed by atoms with Gasteiger partial charge in [-0.2, -0.15) is 0 Å². The molecule has 6 heteroatoms. The van der Waals surface area contributed by atoms with Gasteiger partial charge in [-0.3, -0.25) is 4.99 Å². The zero-order valence-electron chi connectivity index (χ0n) is 14.9. The monoisotopic (exact) mass is 366 g/mol. The number of hydrogen-bond acceptors (Lipinski definition) is 2. The van der Waals surface area contributed by atoms with Crippen LogP contribution < -0.4 is 10.6 Å². The van der Waals surface area contributed by atoms with Gasteiger partial charge in [-0.05, 0) is 51.2 Å². The molecule has 1 heterocycles. The average molecular weight is 367 g/mol. The number of aliphatic imine (C=N–C) groups is 1. The molecule has 1 aromatic carbocycles. The molecule has 0 spiro atoms. The van der Waals surface area contributed by atoms with E-state index in [4.69, 9.17) is 11.6 Å². The number of piperidine rings is 1. The summed E-state index contributed by atoms with van der Waals surface area (Å²) in [6, 6.07) is 6.12. The molecule has 0 atom stereocenters. The summed E-state index contributed by atoms with van der Waals surface area (Å²) in [7, 11) is 0. The van der Waals surface area contributed by atoms with Gasteiger partial charge in [0, 0.05) is 48.8 Å². The second-order valence-corrected chi connectivity index (χ2v) is 7.30. The molecule has 0 bridgehead atoms. The van der Waals surface area contributed by atoms with Gasteiger partial charge in [0.25, 0.3) is 0 Å². The Kier molecular flexibility index (Phi) is 6.54. The van der Waals surface area contributed by atoms with E-state index in [-0.39, 0.29) is 5.82 Å². The minimum absolute atomic E-state index is 0.256. The SMILES string of the molecule is CCNC(=NCCc1c(F)cccc1Cl)NC1CCN(C2CC2)CC1. The van der Waals surface area contributed by atoms with Crippen molar-refractivity contribution in [2.24, 2.45) is 4.99 Å². The third-order valence-electron chi connectivity index (χ3n) is 4.97. The highest BCUT2D eigenvalue weighted by atomic mass is 35.5. The number of guanidine groups is 1. The van der Waals surface area contributed by atoms with Crippen LogP contribution in [0.5, 0.6) is 0 Å². The molecule has 1 aliphatic heterocycles. The molecule has 1 saturated heterocycles. The van der Waals surface area contributed by atoms with Crippen molar-refractivity contribution in [1.29, 1.82) is 0 Å². The van der Waals surface area contributed by atoms with Crippen molar-refractivity contribution < 1.29 is 4.39 Å². The van der Waals surface area contributed by atoms with E-state index in [1.54, 1.807) is 12.1 Å². The van der Waals surface area contributed by atoms with Crippen LogP contribution in [0.2, 0.25) is 5.02 Å². The quantitative estimate of drug-likeness (QED) is 0.600. The van der Waals surface area contributed by atoms with Crippen LogP contribution in [0.25, 0.3) is 0 Å². The second-order valence-electron chi connectivity index (χ2n) is 6.90. The summed E-state index contributed by atoms with van der Waals surface area (Å²) in [5.41, 5.74) is 0.543. The van der Waals surface area contributed by atoms with Gasteiger partial charge >= 0.3 is 0 Å². The number of rotatable bonds is 6. The van der Waals surface area contributed by atoms with E-state index in [0.717, 1.165) is 31.4 Å². The second kappa shape index (κ2) is 8.86. The van der Waals surface area contributed by atoms with Crippen molar-refractivity contribution in [3.63, 3.8) is 0 Å². The van der Waals surface area contributed by atoms with E-state index < -0.39 is 0 Å². The lowest BCUT2D eigenvalue weighted by molar-refractivity contribution is 0.197. The van der Waals surface area contributed by atoms with Crippen LogP contribution in [0.4, 0.5) is 4.39 Å². The predicted octanol–water partition coefficient (Wildman–Crippen LogP) is 3.20. The Labute approximate surface area is 154 Å². The van der Waals surface area contributed by atoms with Gasteiger partial charge in [-0.25, -0.2) is 4.39 Å². The van der Waals surface area contributed by atoms with Crippen molar-refractivity contribution in [1.82, 2.24) is 15.5 Å². The number of nitrogens with one attached hydrogen (secondary N) is 2. The zero-order chi connectivity index (χ0) is 17.6. The van der Waals surface area contributed by atoms with Crippen LogP contribution in [-0.4, -0.2) is 49.1 Å². The molecule has 0 amide bonds. The van der Waals surface area contributed by atoms with Gasteiger partial charge in [-0.1, -0.05) is 17.7 Å². The maximum absolute atomic E-state index is 13.8. The van der Waals surface area contributed by atoms with E-state index >= 15 is 0 Å². The smallest absolute Gasteiger partial charge is 0.191 e. The van der Waals surface area contributed by atoms with Gasteiger partial charge in [0.2, 0.25) is 0 Å². The third kappa shape index (κ3) is 5.32. The highest BCUT2D eigenvalue weighted by molar-refractivity contribution is 6.31. The Morgan fingerprint density at radius 1 is 1.28 bits per heavy atom. The van der Waals surface area contributed by atoms with E-state index in [1.807, 2.05) is 0 Å². The molecule has 1 aromatic rings. The van der Waals surface area contributed by atoms with Crippen LogP contribution in [0.15, 0.2) is 23.2 Å². The molecular formula is C19H28ClFN4. The lowest BCUT2D eigenvalue weighted by Crippen LogP contribution is -2.49. The summed E-state index contributed by atoms with van der Waals surface area (Å²) < 4.78 is 13.8. The van der Waals surface area contributed by atoms with E-state index in [1.165, 1.54) is 32.0 Å². The summed E-state index contributed by atoms with van der Waals surface area (Å²) in [4.78, 5) is 7.22. The lowest BCUT2D eigenvalue weighted by Gasteiger charge is -2.33. The summed E-state index contributed by atoms with van der Waals surface area (Å²) in [5, 5.41) is 7.30. The third-order valence-corrected chi connectivity index (χ3v) is 5.33. The summed E-state index contributed by atoms with van der Waals surface area (Å²) in [6.45, 7) is 5.73.